The van der Waals surface area contributed by atoms with Gasteiger partial charge in [-0.1, -0.05) is 56.0 Å². The lowest BCUT2D eigenvalue weighted by Gasteiger charge is -2.18. The Labute approximate surface area is 174 Å². The van der Waals surface area contributed by atoms with Crippen molar-refractivity contribution < 1.29 is 4.79 Å². The van der Waals surface area contributed by atoms with Gasteiger partial charge in [0.25, 0.3) is 5.91 Å². The number of nitrogens with zero attached hydrogens (tertiary/aromatic N) is 3. The Morgan fingerprint density at radius 2 is 1.79 bits per heavy atom. The van der Waals surface area contributed by atoms with Gasteiger partial charge in [0.2, 0.25) is 0 Å². The van der Waals surface area contributed by atoms with Gasteiger partial charge in [-0.2, -0.15) is 0 Å². The average Bonchev–Trinajstić information content (AvgIpc) is 3.00. The Hall–Kier alpha value is -2.47. The molecule has 0 saturated heterocycles. The molecule has 156 valence electrons. The molecule has 1 fully saturated rings. The van der Waals surface area contributed by atoms with E-state index in [0.29, 0.717) is 24.1 Å². The van der Waals surface area contributed by atoms with Gasteiger partial charge in [0.15, 0.2) is 5.82 Å². The largest absolute Gasteiger partial charge is 0.367 e. The third-order valence-electron chi connectivity index (χ3n) is 5.27. The van der Waals surface area contributed by atoms with Crippen molar-refractivity contribution >= 4 is 11.7 Å². The van der Waals surface area contributed by atoms with Gasteiger partial charge in [0.1, 0.15) is 11.5 Å². The minimum atomic E-state index is -0.146. The summed E-state index contributed by atoms with van der Waals surface area (Å²) in [6.07, 6.45) is 8.30. The molecule has 1 amide bonds. The lowest BCUT2D eigenvalue weighted by molar-refractivity contribution is 0.0947. The van der Waals surface area contributed by atoms with Gasteiger partial charge >= 0.3 is 0 Å². The van der Waals surface area contributed by atoms with E-state index in [1.165, 1.54) is 25.7 Å². The van der Waals surface area contributed by atoms with Gasteiger partial charge in [0, 0.05) is 24.2 Å². The van der Waals surface area contributed by atoms with Gasteiger partial charge < -0.3 is 15.5 Å². The van der Waals surface area contributed by atoms with Crippen molar-refractivity contribution in [3.8, 4) is 11.4 Å². The number of hydrogen-bond donors (Lipinski definition) is 2. The Morgan fingerprint density at radius 3 is 2.48 bits per heavy atom. The lowest BCUT2D eigenvalue weighted by Crippen LogP contribution is -2.28. The lowest BCUT2D eigenvalue weighted by atomic mass is 10.1. The van der Waals surface area contributed by atoms with E-state index in [1.807, 2.05) is 44.4 Å². The van der Waals surface area contributed by atoms with E-state index < -0.39 is 0 Å². The summed E-state index contributed by atoms with van der Waals surface area (Å²) >= 11 is 0. The fourth-order valence-electron chi connectivity index (χ4n) is 3.67. The molecule has 2 N–H and O–H groups in total. The van der Waals surface area contributed by atoms with Crippen LogP contribution in [0.25, 0.3) is 11.4 Å². The molecule has 0 atom stereocenters. The van der Waals surface area contributed by atoms with E-state index >= 15 is 0 Å². The number of aromatic nitrogens is 2. The summed E-state index contributed by atoms with van der Waals surface area (Å²) in [6.45, 7) is 1.57. The van der Waals surface area contributed by atoms with Crippen LogP contribution in [-0.4, -0.2) is 54.0 Å². The van der Waals surface area contributed by atoms with Gasteiger partial charge in [-0.05, 0) is 39.9 Å². The predicted molar refractivity (Wildman–Crippen MR) is 118 cm³/mol. The van der Waals surface area contributed by atoms with Gasteiger partial charge in [-0.15, -0.1) is 0 Å². The summed E-state index contributed by atoms with van der Waals surface area (Å²) in [5.74, 6) is 1.18. The summed E-state index contributed by atoms with van der Waals surface area (Å²) in [4.78, 5) is 24.1. The Balaban J connectivity index is 1.77. The molecular weight excluding hydrogens is 362 g/mol. The standard InChI is InChI=1S/C23H33N5O/c1-28(2)16-10-15-24-23(29)20-17-21(25-19-13-8-3-4-9-14-19)27-22(26-20)18-11-6-5-7-12-18/h5-7,11-12,17,19H,3-4,8-10,13-16H2,1-2H3,(H,24,29)(H,25,26,27). The third kappa shape index (κ3) is 6.82. The quantitative estimate of drug-likeness (QED) is 0.523. The molecule has 0 aliphatic heterocycles. The minimum absolute atomic E-state index is 0.146. The van der Waals surface area contributed by atoms with Crippen LogP contribution in [0.5, 0.6) is 0 Å². The average molecular weight is 396 g/mol. The molecule has 1 heterocycles. The smallest absolute Gasteiger partial charge is 0.270 e. The first kappa shape index (κ1) is 21.2. The van der Waals surface area contributed by atoms with Crippen molar-refractivity contribution in [2.45, 2.75) is 51.0 Å². The van der Waals surface area contributed by atoms with Crippen molar-refractivity contribution in [3.05, 3.63) is 42.1 Å². The van der Waals surface area contributed by atoms with Crippen LogP contribution in [0.2, 0.25) is 0 Å². The first-order chi connectivity index (χ1) is 14.1. The van der Waals surface area contributed by atoms with Crippen molar-refractivity contribution in [1.29, 1.82) is 0 Å². The fourth-order valence-corrected chi connectivity index (χ4v) is 3.67. The molecule has 1 aromatic carbocycles. The predicted octanol–water partition coefficient (Wildman–Crippen LogP) is 3.96. The molecule has 0 unspecified atom stereocenters. The van der Waals surface area contributed by atoms with E-state index in [4.69, 9.17) is 4.98 Å². The maximum absolute atomic E-state index is 12.7. The van der Waals surface area contributed by atoms with Crippen LogP contribution in [0.1, 0.15) is 55.4 Å². The third-order valence-corrected chi connectivity index (χ3v) is 5.27. The highest BCUT2D eigenvalue weighted by atomic mass is 16.1. The van der Waals surface area contributed by atoms with E-state index in [2.05, 4.69) is 20.5 Å². The maximum Gasteiger partial charge on any atom is 0.270 e. The second-order valence-corrected chi connectivity index (χ2v) is 8.07. The van der Waals surface area contributed by atoms with Crippen LogP contribution in [-0.2, 0) is 0 Å². The summed E-state index contributed by atoms with van der Waals surface area (Å²) in [7, 11) is 4.06. The SMILES string of the molecule is CN(C)CCCNC(=O)c1cc(NC2CCCCCC2)nc(-c2ccccc2)n1. The number of anilines is 1. The van der Waals surface area contributed by atoms with Crippen LogP contribution in [0.4, 0.5) is 5.82 Å². The second kappa shape index (κ2) is 10.9. The highest BCUT2D eigenvalue weighted by Crippen LogP contribution is 2.23. The maximum atomic E-state index is 12.7. The first-order valence-corrected chi connectivity index (χ1v) is 10.8. The molecule has 1 aromatic heterocycles. The summed E-state index contributed by atoms with van der Waals surface area (Å²) in [6, 6.07) is 12.0. The normalized spacial score (nSPS) is 15.1. The number of carbonyl (C=O) groups excluding carboxylic acids is 1. The Morgan fingerprint density at radius 1 is 1.07 bits per heavy atom. The fraction of sp³-hybridized carbons (Fsp3) is 0.522. The molecule has 1 aliphatic carbocycles. The Kier molecular flexibility index (Phi) is 7.99. The summed E-state index contributed by atoms with van der Waals surface area (Å²) in [5, 5.41) is 6.56. The molecule has 3 rings (SSSR count). The van der Waals surface area contributed by atoms with E-state index in [0.717, 1.165) is 37.2 Å². The molecule has 0 spiro atoms. The van der Waals surface area contributed by atoms with E-state index in [1.54, 1.807) is 6.07 Å². The molecule has 29 heavy (non-hydrogen) atoms. The van der Waals surface area contributed by atoms with Crippen LogP contribution < -0.4 is 10.6 Å². The van der Waals surface area contributed by atoms with Crippen molar-refractivity contribution in [2.75, 3.05) is 32.5 Å². The molecule has 0 radical (unpaired) electrons. The van der Waals surface area contributed by atoms with Crippen LogP contribution in [0, 0.1) is 0 Å². The van der Waals surface area contributed by atoms with Crippen LogP contribution >= 0.6 is 0 Å². The molecule has 0 bridgehead atoms. The van der Waals surface area contributed by atoms with E-state index in [9.17, 15) is 4.79 Å². The highest BCUT2D eigenvalue weighted by molar-refractivity contribution is 5.93. The zero-order valence-corrected chi connectivity index (χ0v) is 17.7. The second-order valence-electron chi connectivity index (χ2n) is 8.07. The molecule has 2 aromatic rings. The number of carbonyl (C=O) groups is 1. The Bertz CT molecular complexity index is 770. The number of nitrogens with one attached hydrogen (secondary N) is 2. The zero-order valence-electron chi connectivity index (χ0n) is 17.7. The summed E-state index contributed by atoms with van der Waals surface area (Å²) < 4.78 is 0. The molecule has 6 heteroatoms. The minimum Gasteiger partial charge on any atom is -0.367 e. The van der Waals surface area contributed by atoms with Crippen molar-refractivity contribution in [3.63, 3.8) is 0 Å². The number of benzene rings is 1. The monoisotopic (exact) mass is 395 g/mol. The first-order valence-electron chi connectivity index (χ1n) is 10.8. The van der Waals surface area contributed by atoms with Crippen LogP contribution in [0.15, 0.2) is 36.4 Å². The van der Waals surface area contributed by atoms with Gasteiger partial charge in [-0.3, -0.25) is 4.79 Å². The topological polar surface area (TPSA) is 70.2 Å². The van der Waals surface area contributed by atoms with Crippen molar-refractivity contribution in [2.24, 2.45) is 0 Å². The molecule has 6 nitrogen and oxygen atoms in total. The molecular formula is C23H33N5O. The van der Waals surface area contributed by atoms with Crippen molar-refractivity contribution in [1.82, 2.24) is 20.2 Å². The van der Waals surface area contributed by atoms with Crippen LogP contribution in [0.3, 0.4) is 0 Å². The van der Waals surface area contributed by atoms with E-state index in [-0.39, 0.29) is 5.91 Å². The summed E-state index contributed by atoms with van der Waals surface area (Å²) in [5.41, 5.74) is 1.33. The number of amides is 1. The van der Waals surface area contributed by atoms with Gasteiger partial charge in [-0.25, -0.2) is 9.97 Å². The number of hydrogen-bond acceptors (Lipinski definition) is 5. The molecule has 1 aliphatic rings. The van der Waals surface area contributed by atoms with Gasteiger partial charge in [0.05, 0.1) is 0 Å². The molecule has 1 saturated carbocycles. The highest BCUT2D eigenvalue weighted by Gasteiger charge is 2.16. The number of rotatable bonds is 8. The zero-order chi connectivity index (χ0) is 20.5.